The van der Waals surface area contributed by atoms with Crippen molar-refractivity contribution in [1.82, 2.24) is 5.32 Å². The molecule has 98 valence electrons. The number of nitrogens with one attached hydrogen (secondary N) is 1. The van der Waals surface area contributed by atoms with Crippen LogP contribution < -0.4 is 10.1 Å². The van der Waals surface area contributed by atoms with Crippen molar-refractivity contribution in [3.8, 4) is 5.75 Å². The summed E-state index contributed by atoms with van der Waals surface area (Å²) in [5, 5.41) is 4.35. The zero-order valence-electron chi connectivity index (χ0n) is 10.3. The molecule has 1 aromatic carbocycles. The largest absolute Gasteiger partial charge is 0.488 e. The summed E-state index contributed by atoms with van der Waals surface area (Å²) in [4.78, 5) is 0. The first kappa shape index (κ1) is 12.6. The maximum atomic E-state index is 5.99. The Morgan fingerprint density at radius 1 is 1.39 bits per heavy atom. The highest BCUT2D eigenvalue weighted by Gasteiger charge is 2.23. The molecule has 1 N–H and O–H groups in total. The first-order chi connectivity index (χ1) is 8.81. The second-order valence-corrected chi connectivity index (χ2v) is 6.67. The van der Waals surface area contributed by atoms with Gasteiger partial charge in [0.15, 0.2) is 0 Å². The second-order valence-electron chi connectivity index (χ2n) is 5.08. The van der Waals surface area contributed by atoms with Gasteiger partial charge in [-0.1, -0.05) is 11.6 Å². The summed E-state index contributed by atoms with van der Waals surface area (Å²) in [5.74, 6) is 4.50. The normalized spacial score (nSPS) is 26.1. The van der Waals surface area contributed by atoms with Crippen molar-refractivity contribution in [3.63, 3.8) is 0 Å². The zero-order valence-corrected chi connectivity index (χ0v) is 11.9. The predicted octanol–water partition coefficient (Wildman–Crippen LogP) is 2.99. The van der Waals surface area contributed by atoms with Gasteiger partial charge in [0.2, 0.25) is 0 Å². The van der Waals surface area contributed by atoms with Crippen LogP contribution >= 0.6 is 23.4 Å². The third kappa shape index (κ3) is 2.95. The molecule has 0 aromatic heterocycles. The van der Waals surface area contributed by atoms with Crippen LogP contribution in [0.5, 0.6) is 5.75 Å². The van der Waals surface area contributed by atoms with Crippen molar-refractivity contribution in [1.29, 1.82) is 0 Å². The van der Waals surface area contributed by atoms with Gasteiger partial charge in [-0.05, 0) is 54.2 Å². The maximum absolute atomic E-state index is 5.99. The third-order valence-corrected chi connectivity index (χ3v) is 5.06. The molecule has 2 aliphatic heterocycles. The SMILES string of the molecule is Clc1ccc2c(c1)CC(CNCC1CCSC1)O2. The molecule has 1 saturated heterocycles. The van der Waals surface area contributed by atoms with Crippen molar-refractivity contribution in [2.24, 2.45) is 5.92 Å². The lowest BCUT2D eigenvalue weighted by atomic mass is 10.1. The lowest BCUT2D eigenvalue weighted by molar-refractivity contribution is 0.225. The molecular weight excluding hydrogens is 266 g/mol. The molecule has 3 rings (SSSR count). The Kier molecular flexibility index (Phi) is 4.02. The number of benzene rings is 1. The molecule has 0 saturated carbocycles. The topological polar surface area (TPSA) is 21.3 Å². The van der Waals surface area contributed by atoms with E-state index in [1.54, 1.807) is 0 Å². The lowest BCUT2D eigenvalue weighted by Gasteiger charge is -2.14. The smallest absolute Gasteiger partial charge is 0.123 e. The fourth-order valence-electron chi connectivity index (χ4n) is 2.60. The summed E-state index contributed by atoms with van der Waals surface area (Å²) in [7, 11) is 0. The van der Waals surface area contributed by atoms with Gasteiger partial charge in [-0.3, -0.25) is 0 Å². The van der Waals surface area contributed by atoms with E-state index in [2.05, 4.69) is 17.1 Å². The molecule has 18 heavy (non-hydrogen) atoms. The van der Waals surface area contributed by atoms with Gasteiger partial charge in [0, 0.05) is 18.0 Å². The number of hydrogen-bond donors (Lipinski definition) is 1. The van der Waals surface area contributed by atoms with Gasteiger partial charge in [-0.25, -0.2) is 0 Å². The van der Waals surface area contributed by atoms with Crippen molar-refractivity contribution in [2.75, 3.05) is 24.6 Å². The van der Waals surface area contributed by atoms with E-state index in [4.69, 9.17) is 16.3 Å². The molecule has 0 bridgehead atoms. The molecule has 2 heterocycles. The van der Waals surface area contributed by atoms with Crippen molar-refractivity contribution >= 4 is 23.4 Å². The van der Waals surface area contributed by atoms with Crippen molar-refractivity contribution in [3.05, 3.63) is 28.8 Å². The number of thioether (sulfide) groups is 1. The molecule has 1 aromatic rings. The highest BCUT2D eigenvalue weighted by atomic mass is 35.5. The Balaban J connectivity index is 1.46. The first-order valence-electron chi connectivity index (χ1n) is 6.55. The monoisotopic (exact) mass is 283 g/mol. The van der Waals surface area contributed by atoms with Crippen LogP contribution in [-0.4, -0.2) is 30.7 Å². The number of ether oxygens (including phenoxy) is 1. The summed E-state index contributed by atoms with van der Waals surface area (Å²) < 4.78 is 5.90. The number of hydrogen-bond acceptors (Lipinski definition) is 3. The average molecular weight is 284 g/mol. The van der Waals surface area contributed by atoms with E-state index >= 15 is 0 Å². The maximum Gasteiger partial charge on any atom is 0.123 e. The van der Waals surface area contributed by atoms with Crippen LogP contribution in [0.15, 0.2) is 18.2 Å². The fourth-order valence-corrected chi connectivity index (χ4v) is 4.07. The minimum absolute atomic E-state index is 0.271. The van der Waals surface area contributed by atoms with E-state index < -0.39 is 0 Å². The summed E-state index contributed by atoms with van der Waals surface area (Å²) in [6.07, 6.45) is 2.61. The van der Waals surface area contributed by atoms with Gasteiger partial charge in [-0.15, -0.1) is 0 Å². The summed E-state index contributed by atoms with van der Waals surface area (Å²) >= 11 is 8.06. The van der Waals surface area contributed by atoms with Crippen LogP contribution in [0.2, 0.25) is 5.02 Å². The number of halogens is 1. The minimum Gasteiger partial charge on any atom is -0.488 e. The number of rotatable bonds is 4. The Labute approximate surface area is 117 Å². The van der Waals surface area contributed by atoms with Gasteiger partial charge < -0.3 is 10.1 Å². The summed E-state index contributed by atoms with van der Waals surface area (Å²) in [6, 6.07) is 5.89. The quantitative estimate of drug-likeness (QED) is 0.918. The van der Waals surface area contributed by atoms with Gasteiger partial charge in [0.25, 0.3) is 0 Å². The predicted molar refractivity (Wildman–Crippen MR) is 77.9 cm³/mol. The molecule has 0 aliphatic carbocycles. The molecule has 2 unspecified atom stereocenters. The van der Waals surface area contributed by atoms with E-state index in [0.29, 0.717) is 0 Å². The first-order valence-corrected chi connectivity index (χ1v) is 8.08. The van der Waals surface area contributed by atoms with E-state index in [-0.39, 0.29) is 6.10 Å². The molecular formula is C14H18ClNOS. The van der Waals surface area contributed by atoms with Crippen LogP contribution in [0.25, 0.3) is 0 Å². The summed E-state index contributed by atoms with van der Waals surface area (Å²) in [5.41, 5.74) is 1.24. The Morgan fingerprint density at radius 3 is 3.17 bits per heavy atom. The van der Waals surface area contributed by atoms with E-state index in [1.807, 2.05) is 18.2 Å². The Hall–Kier alpha value is -0.380. The molecule has 4 heteroatoms. The second kappa shape index (κ2) is 5.72. The minimum atomic E-state index is 0.271. The molecule has 2 atom stereocenters. The van der Waals surface area contributed by atoms with Gasteiger partial charge in [0.1, 0.15) is 11.9 Å². The third-order valence-electron chi connectivity index (χ3n) is 3.59. The van der Waals surface area contributed by atoms with Gasteiger partial charge >= 0.3 is 0 Å². The van der Waals surface area contributed by atoms with Crippen LogP contribution in [0.1, 0.15) is 12.0 Å². The Morgan fingerprint density at radius 2 is 2.33 bits per heavy atom. The lowest BCUT2D eigenvalue weighted by Crippen LogP contribution is -2.33. The van der Waals surface area contributed by atoms with E-state index in [0.717, 1.165) is 36.2 Å². The molecule has 2 aliphatic rings. The van der Waals surface area contributed by atoms with E-state index in [1.165, 1.54) is 23.5 Å². The van der Waals surface area contributed by atoms with Crippen LogP contribution in [0, 0.1) is 5.92 Å². The van der Waals surface area contributed by atoms with Gasteiger partial charge in [0.05, 0.1) is 0 Å². The molecule has 0 spiro atoms. The van der Waals surface area contributed by atoms with Crippen molar-refractivity contribution in [2.45, 2.75) is 18.9 Å². The standard InChI is InChI=1S/C14H18ClNOS/c15-12-1-2-14-11(5-12)6-13(17-14)8-16-7-10-3-4-18-9-10/h1-2,5,10,13,16H,3-4,6-9H2. The highest BCUT2D eigenvalue weighted by Crippen LogP contribution is 2.30. The fraction of sp³-hybridized carbons (Fsp3) is 0.571. The van der Waals surface area contributed by atoms with Crippen LogP contribution in [0.3, 0.4) is 0 Å². The summed E-state index contributed by atoms with van der Waals surface area (Å²) in [6.45, 7) is 2.07. The average Bonchev–Trinajstić information content (AvgIpc) is 2.97. The number of fused-ring (bicyclic) bond motifs is 1. The van der Waals surface area contributed by atoms with E-state index in [9.17, 15) is 0 Å². The molecule has 0 amide bonds. The molecule has 2 nitrogen and oxygen atoms in total. The zero-order chi connectivity index (χ0) is 12.4. The Bertz CT molecular complexity index is 420. The molecule has 0 radical (unpaired) electrons. The van der Waals surface area contributed by atoms with Crippen LogP contribution in [0.4, 0.5) is 0 Å². The van der Waals surface area contributed by atoms with Crippen LogP contribution in [-0.2, 0) is 6.42 Å². The molecule has 1 fully saturated rings. The highest BCUT2D eigenvalue weighted by molar-refractivity contribution is 7.99. The van der Waals surface area contributed by atoms with Crippen molar-refractivity contribution < 1.29 is 4.74 Å². The van der Waals surface area contributed by atoms with Gasteiger partial charge in [-0.2, -0.15) is 11.8 Å².